The molecule has 2 rings (SSSR count). The number of hydrogen-bond donors (Lipinski definition) is 1. The minimum atomic E-state index is 0.240. The molecule has 3 nitrogen and oxygen atoms in total. The highest BCUT2D eigenvalue weighted by Crippen LogP contribution is 2.32. The quantitative estimate of drug-likeness (QED) is 0.813. The molecule has 0 aromatic rings. The van der Waals surface area contributed by atoms with Crippen LogP contribution in [0.4, 0.5) is 0 Å². The first-order chi connectivity index (χ1) is 8.15. The predicted octanol–water partition coefficient (Wildman–Crippen LogP) is 1.72. The van der Waals surface area contributed by atoms with E-state index in [1.807, 2.05) is 0 Å². The van der Waals surface area contributed by atoms with E-state index >= 15 is 0 Å². The zero-order valence-electron chi connectivity index (χ0n) is 11.5. The highest BCUT2D eigenvalue weighted by molar-refractivity contribution is 4.89. The Morgan fingerprint density at radius 1 is 1.47 bits per heavy atom. The van der Waals surface area contributed by atoms with Gasteiger partial charge in [-0.3, -0.25) is 0 Å². The Morgan fingerprint density at radius 2 is 2.29 bits per heavy atom. The summed E-state index contributed by atoms with van der Waals surface area (Å²) >= 11 is 0. The molecule has 0 bridgehead atoms. The van der Waals surface area contributed by atoms with Crippen molar-refractivity contribution in [1.29, 1.82) is 0 Å². The molecule has 3 heteroatoms. The van der Waals surface area contributed by atoms with Crippen LogP contribution in [0, 0.1) is 17.3 Å². The normalized spacial score (nSPS) is 35.6. The fourth-order valence-corrected chi connectivity index (χ4v) is 3.29. The van der Waals surface area contributed by atoms with Gasteiger partial charge in [-0.2, -0.15) is 0 Å². The van der Waals surface area contributed by atoms with E-state index in [2.05, 4.69) is 18.7 Å². The molecule has 0 saturated carbocycles. The highest BCUT2D eigenvalue weighted by Gasteiger charge is 2.36. The van der Waals surface area contributed by atoms with E-state index < -0.39 is 0 Å². The molecule has 0 radical (unpaired) electrons. The van der Waals surface area contributed by atoms with Gasteiger partial charge >= 0.3 is 0 Å². The third kappa shape index (κ3) is 3.21. The fraction of sp³-hybridized carbons (Fsp3) is 1.00. The van der Waals surface area contributed by atoms with E-state index in [-0.39, 0.29) is 5.41 Å². The summed E-state index contributed by atoms with van der Waals surface area (Å²) in [6, 6.07) is 0. The average Bonchev–Trinajstić information content (AvgIpc) is 2.79. The van der Waals surface area contributed by atoms with Crippen molar-refractivity contribution in [2.45, 2.75) is 33.1 Å². The SMILES string of the molecule is CC(C)C1CCN(CC2(CN)CCCOC2)C1. The molecular formula is C14H28N2O. The van der Waals surface area contributed by atoms with Gasteiger partial charge in [0.25, 0.3) is 0 Å². The largest absolute Gasteiger partial charge is 0.381 e. The van der Waals surface area contributed by atoms with Gasteiger partial charge in [0.05, 0.1) is 6.61 Å². The summed E-state index contributed by atoms with van der Waals surface area (Å²) in [5, 5.41) is 0. The van der Waals surface area contributed by atoms with Crippen LogP contribution >= 0.6 is 0 Å². The summed E-state index contributed by atoms with van der Waals surface area (Å²) in [7, 11) is 0. The first-order valence-electron chi connectivity index (χ1n) is 7.15. The first kappa shape index (κ1) is 13.3. The van der Waals surface area contributed by atoms with Gasteiger partial charge in [0.15, 0.2) is 0 Å². The van der Waals surface area contributed by atoms with Crippen molar-refractivity contribution in [3.63, 3.8) is 0 Å². The van der Waals surface area contributed by atoms with Gasteiger partial charge in [-0.15, -0.1) is 0 Å². The number of ether oxygens (including phenoxy) is 1. The third-order valence-electron chi connectivity index (χ3n) is 4.65. The summed E-state index contributed by atoms with van der Waals surface area (Å²) in [6.45, 7) is 10.9. The van der Waals surface area contributed by atoms with Crippen LogP contribution in [0.3, 0.4) is 0 Å². The number of nitrogens with zero attached hydrogens (tertiary/aromatic N) is 1. The van der Waals surface area contributed by atoms with Gasteiger partial charge < -0.3 is 15.4 Å². The third-order valence-corrected chi connectivity index (χ3v) is 4.65. The van der Waals surface area contributed by atoms with Crippen LogP contribution in [0.2, 0.25) is 0 Å². The molecule has 17 heavy (non-hydrogen) atoms. The fourth-order valence-electron chi connectivity index (χ4n) is 3.29. The number of likely N-dealkylation sites (tertiary alicyclic amines) is 1. The Kier molecular flexibility index (Phi) is 4.45. The number of nitrogens with two attached hydrogens (primary N) is 1. The van der Waals surface area contributed by atoms with Gasteiger partial charge in [-0.25, -0.2) is 0 Å². The second-order valence-corrected chi connectivity index (χ2v) is 6.39. The van der Waals surface area contributed by atoms with Crippen LogP contribution in [0.15, 0.2) is 0 Å². The van der Waals surface area contributed by atoms with Crippen LogP contribution in [-0.2, 0) is 4.74 Å². The average molecular weight is 240 g/mol. The van der Waals surface area contributed by atoms with Crippen LogP contribution < -0.4 is 5.73 Å². The Bertz CT molecular complexity index is 236. The summed E-state index contributed by atoms with van der Waals surface area (Å²) in [5.74, 6) is 1.70. The molecule has 2 heterocycles. The lowest BCUT2D eigenvalue weighted by Gasteiger charge is -2.39. The van der Waals surface area contributed by atoms with E-state index in [9.17, 15) is 0 Å². The second kappa shape index (κ2) is 5.68. The highest BCUT2D eigenvalue weighted by atomic mass is 16.5. The Balaban J connectivity index is 1.87. The summed E-state index contributed by atoms with van der Waals surface area (Å²) in [5.41, 5.74) is 6.24. The molecule has 2 aliphatic heterocycles. The Hall–Kier alpha value is -0.120. The van der Waals surface area contributed by atoms with Crippen molar-refractivity contribution in [3.05, 3.63) is 0 Å². The van der Waals surface area contributed by atoms with Gasteiger partial charge in [0.1, 0.15) is 0 Å². The maximum Gasteiger partial charge on any atom is 0.0546 e. The monoisotopic (exact) mass is 240 g/mol. The van der Waals surface area contributed by atoms with Crippen molar-refractivity contribution < 1.29 is 4.74 Å². The summed E-state index contributed by atoms with van der Waals surface area (Å²) in [4.78, 5) is 2.62. The number of rotatable bonds is 4. The second-order valence-electron chi connectivity index (χ2n) is 6.39. The van der Waals surface area contributed by atoms with Crippen LogP contribution in [-0.4, -0.2) is 44.3 Å². The molecule has 0 aliphatic carbocycles. The van der Waals surface area contributed by atoms with E-state index in [0.29, 0.717) is 0 Å². The van der Waals surface area contributed by atoms with Crippen molar-refractivity contribution in [1.82, 2.24) is 4.90 Å². The lowest BCUT2D eigenvalue weighted by atomic mass is 9.82. The topological polar surface area (TPSA) is 38.5 Å². The molecule has 0 amide bonds. The zero-order valence-corrected chi connectivity index (χ0v) is 11.5. The van der Waals surface area contributed by atoms with Gasteiger partial charge in [0, 0.05) is 31.7 Å². The van der Waals surface area contributed by atoms with Crippen LogP contribution in [0.1, 0.15) is 33.1 Å². The van der Waals surface area contributed by atoms with E-state index in [1.54, 1.807) is 0 Å². The van der Waals surface area contributed by atoms with Gasteiger partial charge in [-0.05, 0) is 37.6 Å². The number of hydrogen-bond acceptors (Lipinski definition) is 3. The molecule has 100 valence electrons. The van der Waals surface area contributed by atoms with Crippen molar-refractivity contribution in [2.75, 3.05) is 39.4 Å². The Labute approximate surface area is 106 Å². The molecule has 2 fully saturated rings. The van der Waals surface area contributed by atoms with E-state index in [1.165, 1.54) is 32.4 Å². The molecule has 2 atom stereocenters. The first-order valence-corrected chi connectivity index (χ1v) is 7.15. The lowest BCUT2D eigenvalue weighted by molar-refractivity contribution is -0.0192. The smallest absolute Gasteiger partial charge is 0.0546 e. The molecule has 2 saturated heterocycles. The maximum absolute atomic E-state index is 6.00. The molecular weight excluding hydrogens is 212 g/mol. The zero-order chi connectivity index (χ0) is 12.3. The van der Waals surface area contributed by atoms with Crippen LogP contribution in [0.25, 0.3) is 0 Å². The Morgan fingerprint density at radius 3 is 2.82 bits per heavy atom. The predicted molar refractivity (Wildman–Crippen MR) is 70.9 cm³/mol. The van der Waals surface area contributed by atoms with E-state index in [4.69, 9.17) is 10.5 Å². The standard InChI is InChI=1S/C14H28N2O/c1-12(2)13-4-6-16(8-13)10-14(9-15)5-3-7-17-11-14/h12-13H,3-11,15H2,1-2H3. The summed E-state index contributed by atoms with van der Waals surface area (Å²) < 4.78 is 5.65. The van der Waals surface area contributed by atoms with Crippen molar-refractivity contribution in [3.8, 4) is 0 Å². The van der Waals surface area contributed by atoms with Gasteiger partial charge in [0.2, 0.25) is 0 Å². The van der Waals surface area contributed by atoms with Gasteiger partial charge in [-0.1, -0.05) is 13.8 Å². The lowest BCUT2D eigenvalue weighted by Crippen LogP contribution is -2.47. The summed E-state index contributed by atoms with van der Waals surface area (Å²) in [6.07, 6.45) is 3.78. The molecule has 0 spiro atoms. The van der Waals surface area contributed by atoms with Crippen molar-refractivity contribution in [2.24, 2.45) is 23.0 Å². The van der Waals surface area contributed by atoms with Crippen LogP contribution in [0.5, 0.6) is 0 Å². The minimum Gasteiger partial charge on any atom is -0.381 e. The molecule has 2 N–H and O–H groups in total. The molecule has 0 aromatic carbocycles. The minimum absolute atomic E-state index is 0.240. The molecule has 2 unspecified atom stereocenters. The molecule has 2 aliphatic rings. The van der Waals surface area contributed by atoms with E-state index in [0.717, 1.165) is 38.1 Å². The maximum atomic E-state index is 6.00. The molecule has 0 aromatic heterocycles. The van der Waals surface area contributed by atoms with Crippen molar-refractivity contribution >= 4 is 0 Å².